The standard InChI is InChI=1S/C28H20ClF3N4O5/c1-39-26(37)22-21(15-6-4-3-5-7-15)19(13-33)24(34)36(23(22)27(38)40-2)17-8-10-18(11-9-17)41-25-20(29)12-16(14-35-25)28(30,31)32/h3-12,14,21H,34H2,1-2H3. The number of rotatable bonds is 6. The first-order valence-electron chi connectivity index (χ1n) is 11.7. The van der Waals surface area contributed by atoms with Crippen molar-refractivity contribution < 1.29 is 37.0 Å². The minimum absolute atomic E-state index is 0.0229. The van der Waals surface area contributed by atoms with Crippen LogP contribution in [0.4, 0.5) is 18.9 Å². The molecule has 9 nitrogen and oxygen atoms in total. The predicted octanol–water partition coefficient (Wildman–Crippen LogP) is 5.44. The van der Waals surface area contributed by atoms with Gasteiger partial charge in [-0.05, 0) is 35.9 Å². The smallest absolute Gasteiger partial charge is 0.417 e. The van der Waals surface area contributed by atoms with E-state index in [-0.39, 0.29) is 45.0 Å². The number of carbonyl (C=O) groups is 2. The number of hydrogen-bond donors (Lipinski definition) is 1. The summed E-state index contributed by atoms with van der Waals surface area (Å²) in [6.45, 7) is 0. The molecule has 1 aromatic heterocycles. The van der Waals surface area contributed by atoms with Crippen LogP contribution < -0.4 is 15.4 Å². The lowest BCUT2D eigenvalue weighted by Crippen LogP contribution is -2.40. The second-order valence-corrected chi connectivity index (χ2v) is 8.85. The molecule has 0 radical (unpaired) electrons. The van der Waals surface area contributed by atoms with Gasteiger partial charge in [0.2, 0.25) is 5.88 Å². The van der Waals surface area contributed by atoms with Crippen LogP contribution in [0.2, 0.25) is 5.02 Å². The summed E-state index contributed by atoms with van der Waals surface area (Å²) in [7, 11) is 2.26. The van der Waals surface area contributed by atoms with Crippen molar-refractivity contribution >= 4 is 29.2 Å². The second kappa shape index (κ2) is 11.6. The van der Waals surface area contributed by atoms with Gasteiger partial charge in [-0.1, -0.05) is 41.9 Å². The zero-order valence-electron chi connectivity index (χ0n) is 21.4. The van der Waals surface area contributed by atoms with E-state index >= 15 is 0 Å². The number of methoxy groups -OCH3 is 2. The van der Waals surface area contributed by atoms with Gasteiger partial charge in [-0.25, -0.2) is 14.6 Å². The van der Waals surface area contributed by atoms with Gasteiger partial charge in [0.1, 0.15) is 22.3 Å². The molecule has 0 saturated heterocycles. The molecule has 0 saturated carbocycles. The van der Waals surface area contributed by atoms with Crippen molar-refractivity contribution in [2.24, 2.45) is 5.73 Å². The minimum atomic E-state index is -4.63. The third-order valence-corrected chi connectivity index (χ3v) is 6.33. The van der Waals surface area contributed by atoms with Crippen molar-refractivity contribution in [3.05, 3.63) is 106 Å². The van der Waals surface area contributed by atoms with Crippen LogP contribution in [0.25, 0.3) is 0 Å². The summed E-state index contributed by atoms with van der Waals surface area (Å²) in [5, 5.41) is 9.74. The fraction of sp³-hybridized carbons (Fsp3) is 0.143. The number of hydrogen-bond acceptors (Lipinski definition) is 9. The summed E-state index contributed by atoms with van der Waals surface area (Å²) in [5.41, 5.74) is 5.68. The average molecular weight is 585 g/mol. The Bertz CT molecular complexity index is 1600. The molecule has 2 N–H and O–H groups in total. The van der Waals surface area contributed by atoms with Crippen LogP contribution in [-0.4, -0.2) is 31.1 Å². The number of aromatic nitrogens is 1. The topological polar surface area (TPSA) is 128 Å². The number of allylic oxidation sites excluding steroid dienone is 1. The van der Waals surface area contributed by atoms with Gasteiger partial charge in [0.25, 0.3) is 0 Å². The molecule has 0 amide bonds. The summed E-state index contributed by atoms with van der Waals surface area (Å²) >= 11 is 5.93. The van der Waals surface area contributed by atoms with Gasteiger partial charge in [0, 0.05) is 11.9 Å². The highest BCUT2D eigenvalue weighted by Crippen LogP contribution is 2.43. The van der Waals surface area contributed by atoms with Gasteiger partial charge in [-0.2, -0.15) is 18.4 Å². The molecule has 3 aromatic rings. The third kappa shape index (κ3) is 5.66. The Hall–Kier alpha value is -5.02. The van der Waals surface area contributed by atoms with E-state index in [4.69, 9.17) is 31.5 Å². The van der Waals surface area contributed by atoms with Crippen LogP contribution in [-0.2, 0) is 25.2 Å². The summed E-state index contributed by atoms with van der Waals surface area (Å²) in [6, 6.07) is 16.9. The van der Waals surface area contributed by atoms with E-state index < -0.39 is 29.6 Å². The van der Waals surface area contributed by atoms with E-state index in [1.807, 2.05) is 6.07 Å². The van der Waals surface area contributed by atoms with Crippen molar-refractivity contribution in [3.63, 3.8) is 0 Å². The van der Waals surface area contributed by atoms with Gasteiger partial charge in [-0.3, -0.25) is 4.90 Å². The number of nitrogens with zero attached hydrogens (tertiary/aromatic N) is 3. The number of anilines is 1. The van der Waals surface area contributed by atoms with E-state index in [2.05, 4.69) is 4.98 Å². The number of alkyl halides is 3. The molecule has 0 bridgehead atoms. The van der Waals surface area contributed by atoms with E-state index in [9.17, 15) is 28.0 Å². The molecule has 1 unspecified atom stereocenters. The normalized spacial score (nSPS) is 15.3. The monoisotopic (exact) mass is 584 g/mol. The quantitative estimate of drug-likeness (QED) is 0.376. The number of benzene rings is 2. The molecule has 1 aliphatic rings. The van der Waals surface area contributed by atoms with Crippen LogP contribution in [0.1, 0.15) is 17.0 Å². The highest BCUT2D eigenvalue weighted by atomic mass is 35.5. The number of nitriles is 1. The second-order valence-electron chi connectivity index (χ2n) is 8.44. The Kier molecular flexibility index (Phi) is 8.21. The lowest BCUT2D eigenvalue weighted by molar-refractivity contribution is -0.139. The van der Waals surface area contributed by atoms with Crippen LogP contribution >= 0.6 is 11.6 Å². The van der Waals surface area contributed by atoms with Crippen molar-refractivity contribution in [2.45, 2.75) is 12.1 Å². The largest absolute Gasteiger partial charge is 0.466 e. The van der Waals surface area contributed by atoms with Gasteiger partial charge in [-0.15, -0.1) is 0 Å². The van der Waals surface area contributed by atoms with Gasteiger partial charge < -0.3 is 19.9 Å². The molecule has 0 aliphatic carbocycles. The molecule has 2 aromatic carbocycles. The van der Waals surface area contributed by atoms with Gasteiger partial charge >= 0.3 is 18.1 Å². The number of pyridine rings is 1. The highest BCUT2D eigenvalue weighted by molar-refractivity contribution is 6.31. The summed E-state index contributed by atoms with van der Waals surface area (Å²) < 4.78 is 54.3. The number of carbonyl (C=O) groups excluding carboxylic acids is 2. The van der Waals surface area contributed by atoms with Crippen molar-refractivity contribution in [1.29, 1.82) is 5.26 Å². The van der Waals surface area contributed by atoms with Crippen LogP contribution in [0.5, 0.6) is 11.6 Å². The maximum atomic E-state index is 13.1. The molecule has 1 aliphatic heterocycles. The Morgan fingerprint density at radius 2 is 1.68 bits per heavy atom. The van der Waals surface area contributed by atoms with Crippen molar-refractivity contribution in [3.8, 4) is 17.7 Å². The Morgan fingerprint density at radius 3 is 2.22 bits per heavy atom. The molecular weight excluding hydrogens is 565 g/mol. The first-order chi connectivity index (χ1) is 19.5. The van der Waals surface area contributed by atoms with E-state index in [0.717, 1.165) is 14.2 Å². The fourth-order valence-electron chi connectivity index (χ4n) is 4.21. The molecule has 0 spiro atoms. The number of ether oxygens (including phenoxy) is 3. The maximum absolute atomic E-state index is 13.1. The van der Waals surface area contributed by atoms with Crippen molar-refractivity contribution in [1.82, 2.24) is 4.98 Å². The number of halogens is 4. The van der Waals surface area contributed by atoms with Crippen molar-refractivity contribution in [2.75, 3.05) is 19.1 Å². The first-order valence-corrected chi connectivity index (χ1v) is 12.1. The lowest BCUT2D eigenvalue weighted by Gasteiger charge is -2.35. The molecular formula is C28H20ClF3N4O5. The summed E-state index contributed by atoms with van der Waals surface area (Å²) in [4.78, 5) is 31.1. The molecule has 41 heavy (non-hydrogen) atoms. The number of nitrogens with two attached hydrogens (primary N) is 1. The number of esters is 2. The predicted molar refractivity (Wildman–Crippen MR) is 140 cm³/mol. The summed E-state index contributed by atoms with van der Waals surface area (Å²) in [6.07, 6.45) is -4.04. The third-order valence-electron chi connectivity index (χ3n) is 6.05. The minimum Gasteiger partial charge on any atom is -0.466 e. The average Bonchev–Trinajstić information content (AvgIpc) is 2.97. The Balaban J connectivity index is 1.80. The van der Waals surface area contributed by atoms with Crippen LogP contribution in [0, 0.1) is 11.3 Å². The maximum Gasteiger partial charge on any atom is 0.417 e. The van der Waals surface area contributed by atoms with E-state index in [1.165, 1.54) is 29.2 Å². The highest BCUT2D eigenvalue weighted by Gasteiger charge is 2.43. The molecule has 4 rings (SSSR count). The van der Waals surface area contributed by atoms with Crippen LogP contribution in [0.15, 0.2) is 89.5 Å². The fourth-order valence-corrected chi connectivity index (χ4v) is 4.42. The zero-order chi connectivity index (χ0) is 29.9. The summed E-state index contributed by atoms with van der Waals surface area (Å²) in [5.74, 6) is -3.13. The van der Waals surface area contributed by atoms with E-state index in [1.54, 1.807) is 30.3 Å². The molecule has 0 fully saturated rings. The zero-order valence-corrected chi connectivity index (χ0v) is 22.2. The first kappa shape index (κ1) is 29.0. The molecule has 210 valence electrons. The van der Waals surface area contributed by atoms with Gasteiger partial charge in [0.05, 0.1) is 42.9 Å². The Labute approximate surface area is 236 Å². The molecule has 2 heterocycles. The Morgan fingerprint density at radius 1 is 1.05 bits per heavy atom. The van der Waals surface area contributed by atoms with Gasteiger partial charge in [0.15, 0.2) is 0 Å². The molecule has 1 atom stereocenters. The van der Waals surface area contributed by atoms with Crippen LogP contribution in [0.3, 0.4) is 0 Å². The lowest BCUT2D eigenvalue weighted by atomic mass is 9.81. The van der Waals surface area contributed by atoms with E-state index in [0.29, 0.717) is 17.8 Å². The SMILES string of the molecule is COC(=O)C1=C(C(=O)OC)N(c2ccc(Oc3ncc(C(F)(F)F)cc3Cl)cc2)C(N)=C(C#N)C1c1ccccc1. The molecule has 13 heteroatoms.